The van der Waals surface area contributed by atoms with Gasteiger partial charge in [-0.2, -0.15) is 0 Å². The topological polar surface area (TPSA) is 119 Å². The van der Waals surface area contributed by atoms with Gasteiger partial charge >= 0.3 is 11.6 Å². The second kappa shape index (κ2) is 10.6. The fraction of sp³-hybridized carbons (Fsp3) is 0.400. The molecule has 1 aromatic rings. The minimum Gasteiger partial charge on any atom is -0.492 e. The molecule has 0 aromatic carbocycles. The van der Waals surface area contributed by atoms with E-state index in [1.165, 1.54) is 24.3 Å². The standard InChI is InChI=1S/C25H31FN4O4/c1-4-18(26)21-7-6-8-22(30(21)33)24(31)29-20-13-16(19(27)14-23(20)34-5-2)15-28-17-9-11-25(3,32)12-10-17/h4,6-8,13-15,17-18,27,31-33H,1,5,9-12H2,2-3H3/p+1/t17-,18?,25-. The number of hydrogen-bond donors (Lipinski definition) is 5. The van der Waals surface area contributed by atoms with Crippen LogP contribution in [0.1, 0.15) is 61.9 Å². The summed E-state index contributed by atoms with van der Waals surface area (Å²) in [6.07, 6.45) is 7.24. The number of alkyl halides is 1. The third kappa shape index (κ3) is 5.91. The molecule has 1 unspecified atom stereocenters. The van der Waals surface area contributed by atoms with Crippen molar-refractivity contribution in [2.45, 2.75) is 57.3 Å². The van der Waals surface area contributed by atoms with Crippen molar-refractivity contribution in [1.29, 1.82) is 5.41 Å². The zero-order chi connectivity index (χ0) is 24.9. The Morgan fingerprint density at radius 2 is 2.12 bits per heavy atom. The molecule has 1 fully saturated rings. The van der Waals surface area contributed by atoms with Crippen molar-refractivity contribution in [2.24, 2.45) is 0 Å². The molecular weight excluding hydrogens is 439 g/mol. The van der Waals surface area contributed by atoms with Gasteiger partial charge in [-0.25, -0.2) is 4.39 Å². The number of ether oxygens (including phenoxy) is 1. The number of nitrogens with one attached hydrogen (secondary N) is 3. The average molecular weight is 472 g/mol. The number of aromatic nitrogens is 1. The lowest BCUT2D eigenvalue weighted by atomic mass is 9.84. The van der Waals surface area contributed by atoms with Gasteiger partial charge in [-0.05, 0) is 57.7 Å². The Balaban J connectivity index is 1.81. The molecule has 8 nitrogen and oxygen atoms in total. The van der Waals surface area contributed by atoms with Crippen molar-refractivity contribution in [3.63, 3.8) is 0 Å². The summed E-state index contributed by atoms with van der Waals surface area (Å²) >= 11 is 0. The second-order valence-corrected chi connectivity index (χ2v) is 8.69. The van der Waals surface area contributed by atoms with Crippen LogP contribution in [0, 0.1) is 5.41 Å². The number of pyridine rings is 1. The van der Waals surface area contributed by atoms with Crippen molar-refractivity contribution in [3.8, 4) is 0 Å². The molecule has 1 amide bonds. The zero-order valence-corrected chi connectivity index (χ0v) is 19.5. The first-order valence-corrected chi connectivity index (χ1v) is 11.3. The highest BCUT2D eigenvalue weighted by atomic mass is 19.1. The van der Waals surface area contributed by atoms with E-state index >= 15 is 0 Å². The summed E-state index contributed by atoms with van der Waals surface area (Å²) in [5, 5.41) is 34.8. The highest BCUT2D eigenvalue weighted by molar-refractivity contribution is 6.10. The Kier molecular flexibility index (Phi) is 7.88. The molecule has 1 saturated carbocycles. The predicted octanol–water partition coefficient (Wildman–Crippen LogP) is 3.14. The molecule has 0 spiro atoms. The number of amides is 1. The molecular formula is C25H32FN4O4+. The maximum Gasteiger partial charge on any atom is 0.325 e. The van der Waals surface area contributed by atoms with E-state index < -0.39 is 17.7 Å². The number of carbonyl (C=O) groups is 1. The first-order chi connectivity index (χ1) is 16.1. The van der Waals surface area contributed by atoms with Crippen molar-refractivity contribution in [1.82, 2.24) is 10.6 Å². The number of aliphatic hydroxyl groups is 1. The van der Waals surface area contributed by atoms with E-state index in [9.17, 15) is 19.5 Å². The van der Waals surface area contributed by atoms with Gasteiger partial charge in [-0.15, -0.1) is 0 Å². The molecule has 9 heteroatoms. The van der Waals surface area contributed by atoms with Crippen LogP contribution >= 0.6 is 0 Å². The number of halogens is 1. The SMILES string of the molecule is C=CC(F)c1cccc(C(=O)NC2=C/C(=C/N[C@H]3CC[C@](C)(O)CC3)C(=N)C=C2OCC)[n+]1O. The van der Waals surface area contributed by atoms with E-state index in [0.717, 1.165) is 18.9 Å². The van der Waals surface area contributed by atoms with Gasteiger partial charge in [-0.1, -0.05) is 6.58 Å². The van der Waals surface area contributed by atoms with E-state index in [2.05, 4.69) is 17.2 Å². The number of allylic oxidation sites excluding steroid dienone is 4. The number of nitrogens with zero attached hydrogens (tertiary/aromatic N) is 1. The lowest BCUT2D eigenvalue weighted by molar-refractivity contribution is -0.911. The van der Waals surface area contributed by atoms with Crippen molar-refractivity contribution in [2.75, 3.05) is 6.61 Å². The van der Waals surface area contributed by atoms with Crippen LogP contribution in [0.25, 0.3) is 0 Å². The number of hydrogen-bond acceptors (Lipinski definition) is 6. The molecule has 1 aromatic heterocycles. The van der Waals surface area contributed by atoms with Gasteiger partial charge in [0, 0.05) is 40.8 Å². The molecule has 1 atom stereocenters. The van der Waals surface area contributed by atoms with Crippen LogP contribution in [0.4, 0.5) is 4.39 Å². The first-order valence-electron chi connectivity index (χ1n) is 11.3. The number of carbonyl (C=O) groups excluding carboxylic acids is 1. The molecule has 3 rings (SSSR count). The molecule has 34 heavy (non-hydrogen) atoms. The first kappa shape index (κ1) is 25.2. The summed E-state index contributed by atoms with van der Waals surface area (Å²) in [7, 11) is 0. The van der Waals surface area contributed by atoms with Crippen molar-refractivity contribution in [3.05, 3.63) is 77.6 Å². The molecule has 2 aliphatic rings. The molecule has 182 valence electrons. The second-order valence-electron chi connectivity index (χ2n) is 8.69. The third-order valence-corrected chi connectivity index (χ3v) is 5.95. The minimum atomic E-state index is -1.64. The Morgan fingerprint density at radius 3 is 2.76 bits per heavy atom. The van der Waals surface area contributed by atoms with Crippen molar-refractivity contribution >= 4 is 11.6 Å². The maximum atomic E-state index is 14.0. The van der Waals surface area contributed by atoms with Gasteiger partial charge < -0.3 is 25.9 Å². The van der Waals surface area contributed by atoms with Gasteiger partial charge in [0.15, 0.2) is 0 Å². The predicted molar refractivity (Wildman–Crippen MR) is 125 cm³/mol. The molecule has 1 heterocycles. The number of rotatable bonds is 8. The lowest BCUT2D eigenvalue weighted by Gasteiger charge is -2.33. The van der Waals surface area contributed by atoms with E-state index in [4.69, 9.17) is 10.1 Å². The molecule has 2 aliphatic carbocycles. The summed E-state index contributed by atoms with van der Waals surface area (Å²) in [6.45, 7) is 7.32. The zero-order valence-electron chi connectivity index (χ0n) is 19.5. The summed E-state index contributed by atoms with van der Waals surface area (Å²) in [5.74, 6) is -0.366. The summed E-state index contributed by atoms with van der Waals surface area (Å²) in [6, 6.07) is 4.36. The van der Waals surface area contributed by atoms with E-state index in [1.54, 1.807) is 19.2 Å². The Hall–Kier alpha value is -3.46. The fourth-order valence-corrected chi connectivity index (χ4v) is 3.91. The normalized spacial score (nSPS) is 24.6. The molecule has 0 bridgehead atoms. The van der Waals surface area contributed by atoms with E-state index in [-0.39, 0.29) is 23.1 Å². The Morgan fingerprint density at radius 1 is 1.41 bits per heavy atom. The molecule has 5 N–H and O–H groups in total. The van der Waals surface area contributed by atoms with Gasteiger partial charge in [0.25, 0.3) is 5.69 Å². The Labute approximate surface area is 198 Å². The fourth-order valence-electron chi connectivity index (χ4n) is 3.91. The van der Waals surface area contributed by atoms with Gasteiger partial charge in [0.2, 0.25) is 6.17 Å². The quantitative estimate of drug-likeness (QED) is 0.227. The summed E-state index contributed by atoms with van der Waals surface area (Å²) in [4.78, 5) is 12.9. The van der Waals surface area contributed by atoms with Crippen LogP contribution in [0.15, 0.2) is 66.2 Å². The maximum absolute atomic E-state index is 14.0. The Bertz CT molecular complexity index is 1050. The average Bonchev–Trinajstić information content (AvgIpc) is 2.80. The van der Waals surface area contributed by atoms with Gasteiger partial charge in [-0.3, -0.25) is 10.0 Å². The summed E-state index contributed by atoms with van der Waals surface area (Å²) in [5.41, 5.74) is 0.133. The highest BCUT2D eigenvalue weighted by Crippen LogP contribution is 2.28. The molecule has 0 radical (unpaired) electrons. The third-order valence-electron chi connectivity index (χ3n) is 5.95. The van der Waals surface area contributed by atoms with E-state index in [1.807, 2.05) is 6.92 Å². The summed E-state index contributed by atoms with van der Waals surface area (Å²) < 4.78 is 20.1. The smallest absolute Gasteiger partial charge is 0.325 e. The van der Waals surface area contributed by atoms with Crippen LogP contribution in [-0.2, 0) is 4.74 Å². The largest absolute Gasteiger partial charge is 0.492 e. The minimum absolute atomic E-state index is 0.126. The molecule has 0 aliphatic heterocycles. The van der Waals surface area contributed by atoms with Gasteiger partial charge in [0.1, 0.15) is 5.76 Å². The monoisotopic (exact) mass is 471 g/mol. The van der Waals surface area contributed by atoms with Crippen LogP contribution < -0.4 is 15.4 Å². The lowest BCUT2D eigenvalue weighted by Crippen LogP contribution is -2.45. The van der Waals surface area contributed by atoms with Crippen LogP contribution in [0.3, 0.4) is 0 Å². The van der Waals surface area contributed by atoms with E-state index in [0.29, 0.717) is 41.2 Å². The van der Waals surface area contributed by atoms with Gasteiger partial charge in [0.05, 0.1) is 23.6 Å². The molecule has 0 saturated heterocycles. The highest BCUT2D eigenvalue weighted by Gasteiger charge is 2.30. The van der Waals surface area contributed by atoms with Crippen LogP contribution in [0.5, 0.6) is 0 Å². The van der Waals surface area contributed by atoms with Crippen LogP contribution in [0.2, 0.25) is 0 Å². The van der Waals surface area contributed by atoms with Crippen molar-refractivity contribution < 1.29 is 29.0 Å². The van der Waals surface area contributed by atoms with Crippen LogP contribution in [-0.4, -0.2) is 40.2 Å².